The second-order valence-corrected chi connectivity index (χ2v) is 7.21. The Morgan fingerprint density at radius 2 is 1.69 bits per heavy atom. The Morgan fingerprint density at radius 3 is 2.41 bits per heavy atom. The molecular weight excluding hydrogens is 388 g/mol. The van der Waals surface area contributed by atoms with Crippen LogP contribution < -0.4 is 14.2 Å². The Hall–Kier alpha value is -3.39. The number of benzene rings is 2. The van der Waals surface area contributed by atoms with E-state index in [1.807, 2.05) is 54.6 Å². The molecule has 4 rings (SSSR count). The maximum atomic E-state index is 5.38. The van der Waals surface area contributed by atoms with Gasteiger partial charge in [-0.2, -0.15) is 9.61 Å². The zero-order valence-corrected chi connectivity index (χ0v) is 17.1. The highest BCUT2D eigenvalue weighted by Crippen LogP contribution is 2.28. The maximum absolute atomic E-state index is 5.38. The quantitative estimate of drug-likeness (QED) is 0.461. The van der Waals surface area contributed by atoms with Crippen molar-refractivity contribution >= 4 is 28.4 Å². The molecule has 2 heterocycles. The maximum Gasteiger partial charge on any atom is 0.234 e. The van der Waals surface area contributed by atoms with Crippen molar-refractivity contribution in [1.82, 2.24) is 19.8 Å². The molecule has 29 heavy (non-hydrogen) atoms. The monoisotopic (exact) mass is 408 g/mol. The van der Waals surface area contributed by atoms with Crippen LogP contribution in [0.2, 0.25) is 0 Å². The Labute approximate surface area is 172 Å². The van der Waals surface area contributed by atoms with E-state index in [-0.39, 0.29) is 0 Å². The summed E-state index contributed by atoms with van der Waals surface area (Å²) in [7, 11) is 4.90. The predicted octanol–water partition coefficient (Wildman–Crippen LogP) is 3.97. The average Bonchev–Trinajstić information content (AvgIpc) is 3.34. The summed E-state index contributed by atoms with van der Waals surface area (Å²) < 4.78 is 17.6. The van der Waals surface area contributed by atoms with Gasteiger partial charge in [0.2, 0.25) is 4.96 Å². The first-order valence-corrected chi connectivity index (χ1v) is 9.76. The molecule has 2 aromatic heterocycles. The minimum atomic E-state index is 0.590. The third-order valence-electron chi connectivity index (χ3n) is 4.42. The standard InChI is InChI=1S/C21H20N4O3S/c1-26-16-8-4-14(5-9-16)7-11-20-24-25-19(22-23-21(25)29-20)13-15-6-10-17(27-2)18(12-15)28-3/h4-12H,13H2,1-3H3. The van der Waals surface area contributed by atoms with E-state index in [0.29, 0.717) is 17.9 Å². The molecule has 0 saturated heterocycles. The summed E-state index contributed by atoms with van der Waals surface area (Å²) in [4.78, 5) is 0.759. The van der Waals surface area contributed by atoms with E-state index < -0.39 is 0 Å². The first-order valence-electron chi connectivity index (χ1n) is 8.94. The highest BCUT2D eigenvalue weighted by Gasteiger charge is 2.13. The van der Waals surface area contributed by atoms with E-state index in [4.69, 9.17) is 14.2 Å². The van der Waals surface area contributed by atoms with Crippen molar-refractivity contribution in [3.8, 4) is 17.2 Å². The summed E-state index contributed by atoms with van der Waals surface area (Å²) in [5.41, 5.74) is 2.11. The molecule has 2 aromatic carbocycles. The van der Waals surface area contributed by atoms with Crippen molar-refractivity contribution in [2.24, 2.45) is 0 Å². The van der Waals surface area contributed by atoms with Gasteiger partial charge in [-0.3, -0.25) is 0 Å². The predicted molar refractivity (Wildman–Crippen MR) is 113 cm³/mol. The van der Waals surface area contributed by atoms with Gasteiger partial charge < -0.3 is 14.2 Å². The number of nitrogens with zero attached hydrogens (tertiary/aromatic N) is 4. The SMILES string of the molecule is COc1ccc(C=Cc2nn3c(Cc4ccc(OC)c(OC)c4)nnc3s2)cc1. The molecule has 0 radical (unpaired) electrons. The molecule has 0 fully saturated rings. The van der Waals surface area contributed by atoms with Gasteiger partial charge in [0.05, 0.1) is 21.3 Å². The number of hydrogen-bond donors (Lipinski definition) is 0. The minimum Gasteiger partial charge on any atom is -0.497 e. The lowest BCUT2D eigenvalue weighted by molar-refractivity contribution is 0.354. The molecule has 0 spiro atoms. The first kappa shape index (κ1) is 18.9. The molecule has 0 amide bonds. The highest BCUT2D eigenvalue weighted by molar-refractivity contribution is 7.17. The van der Waals surface area contributed by atoms with Crippen LogP contribution in [-0.2, 0) is 6.42 Å². The molecule has 0 N–H and O–H groups in total. The zero-order chi connectivity index (χ0) is 20.2. The Bertz CT molecular complexity index is 1150. The highest BCUT2D eigenvalue weighted by atomic mass is 32.1. The summed E-state index contributed by atoms with van der Waals surface area (Å²) in [6, 6.07) is 13.7. The fourth-order valence-electron chi connectivity index (χ4n) is 2.91. The van der Waals surface area contributed by atoms with E-state index in [1.54, 1.807) is 25.8 Å². The van der Waals surface area contributed by atoms with Crippen LogP contribution in [0.4, 0.5) is 0 Å². The van der Waals surface area contributed by atoms with Crippen molar-refractivity contribution in [2.75, 3.05) is 21.3 Å². The fraction of sp³-hybridized carbons (Fsp3) is 0.190. The Kier molecular flexibility index (Phi) is 5.44. The largest absolute Gasteiger partial charge is 0.497 e. The second-order valence-electron chi connectivity index (χ2n) is 6.22. The summed E-state index contributed by atoms with van der Waals surface area (Å²) in [6.45, 7) is 0. The van der Waals surface area contributed by atoms with Crippen molar-refractivity contribution < 1.29 is 14.2 Å². The summed E-state index contributed by atoms with van der Waals surface area (Å²) >= 11 is 1.49. The average molecular weight is 408 g/mol. The minimum absolute atomic E-state index is 0.590. The molecule has 8 heteroatoms. The van der Waals surface area contributed by atoms with Crippen LogP contribution >= 0.6 is 11.3 Å². The molecule has 0 saturated carbocycles. The van der Waals surface area contributed by atoms with Gasteiger partial charge >= 0.3 is 0 Å². The van der Waals surface area contributed by atoms with E-state index in [1.165, 1.54) is 11.3 Å². The third kappa shape index (κ3) is 4.07. The zero-order valence-electron chi connectivity index (χ0n) is 16.3. The van der Waals surface area contributed by atoms with Crippen molar-refractivity contribution in [3.63, 3.8) is 0 Å². The van der Waals surface area contributed by atoms with E-state index >= 15 is 0 Å². The van der Waals surface area contributed by atoms with Crippen LogP contribution in [0, 0.1) is 0 Å². The van der Waals surface area contributed by atoms with Gasteiger partial charge in [-0.15, -0.1) is 10.2 Å². The van der Waals surface area contributed by atoms with Crippen molar-refractivity contribution in [2.45, 2.75) is 6.42 Å². The summed E-state index contributed by atoms with van der Waals surface area (Å²) in [6.07, 6.45) is 4.58. The number of hydrogen-bond acceptors (Lipinski definition) is 7. The van der Waals surface area contributed by atoms with E-state index in [0.717, 1.165) is 32.7 Å². The van der Waals surface area contributed by atoms with Crippen LogP contribution in [0.25, 0.3) is 17.1 Å². The van der Waals surface area contributed by atoms with Gasteiger partial charge in [-0.1, -0.05) is 35.6 Å². The van der Waals surface area contributed by atoms with E-state index in [9.17, 15) is 0 Å². The molecule has 0 aliphatic heterocycles. The molecule has 7 nitrogen and oxygen atoms in total. The van der Waals surface area contributed by atoms with Gasteiger partial charge in [0.25, 0.3) is 0 Å². The van der Waals surface area contributed by atoms with Crippen LogP contribution in [-0.4, -0.2) is 41.1 Å². The second kappa shape index (κ2) is 8.32. The lowest BCUT2D eigenvalue weighted by atomic mass is 10.1. The van der Waals surface area contributed by atoms with Crippen LogP contribution in [0.5, 0.6) is 17.2 Å². The lowest BCUT2D eigenvalue weighted by Crippen LogP contribution is -1.99. The Balaban J connectivity index is 1.55. The number of rotatable bonds is 7. The van der Waals surface area contributed by atoms with Crippen molar-refractivity contribution in [1.29, 1.82) is 0 Å². The number of ether oxygens (including phenoxy) is 3. The fourth-order valence-corrected chi connectivity index (χ4v) is 3.67. The molecule has 0 bridgehead atoms. The third-order valence-corrected chi connectivity index (χ3v) is 5.28. The molecule has 0 aliphatic carbocycles. The van der Waals surface area contributed by atoms with Crippen LogP contribution in [0.15, 0.2) is 42.5 Å². The first-order chi connectivity index (χ1) is 14.2. The molecule has 148 valence electrons. The summed E-state index contributed by atoms with van der Waals surface area (Å²) in [5.74, 6) is 2.99. The molecule has 0 aliphatic rings. The normalized spacial score (nSPS) is 11.3. The summed E-state index contributed by atoms with van der Waals surface area (Å²) in [5, 5.41) is 14.0. The number of methoxy groups -OCH3 is 3. The Morgan fingerprint density at radius 1 is 0.897 bits per heavy atom. The number of fused-ring (bicyclic) bond motifs is 1. The van der Waals surface area contributed by atoms with Crippen LogP contribution in [0.3, 0.4) is 0 Å². The topological polar surface area (TPSA) is 70.8 Å². The molecular formula is C21H20N4O3S. The van der Waals surface area contributed by atoms with Gasteiger partial charge in [-0.25, -0.2) is 0 Å². The molecule has 4 aromatic rings. The van der Waals surface area contributed by atoms with E-state index in [2.05, 4.69) is 15.3 Å². The van der Waals surface area contributed by atoms with Gasteiger partial charge in [0.15, 0.2) is 17.3 Å². The number of aromatic nitrogens is 4. The van der Waals surface area contributed by atoms with Crippen LogP contribution in [0.1, 0.15) is 22.0 Å². The van der Waals surface area contributed by atoms with Gasteiger partial charge in [-0.05, 0) is 41.5 Å². The lowest BCUT2D eigenvalue weighted by Gasteiger charge is -2.08. The smallest absolute Gasteiger partial charge is 0.234 e. The molecule has 0 atom stereocenters. The van der Waals surface area contributed by atoms with Gasteiger partial charge in [0, 0.05) is 6.42 Å². The van der Waals surface area contributed by atoms with Gasteiger partial charge in [0.1, 0.15) is 10.8 Å². The molecule has 0 unspecified atom stereocenters. The van der Waals surface area contributed by atoms with Crippen molar-refractivity contribution in [3.05, 3.63) is 64.4 Å².